The van der Waals surface area contributed by atoms with E-state index in [9.17, 15) is 18.0 Å². The number of nitrogens with one attached hydrogen (secondary N) is 1. The summed E-state index contributed by atoms with van der Waals surface area (Å²) in [4.78, 5) is 28.1. The van der Waals surface area contributed by atoms with Gasteiger partial charge in [0.2, 0.25) is 5.91 Å². The van der Waals surface area contributed by atoms with Crippen LogP contribution in [-0.4, -0.2) is 42.5 Å². The SMILES string of the molecule is CC(C)(C)N(Cc1ccccc1)C(=O)C1=C[CH]C(NC(=O)Cc2ccc(S(=O)(=O)CC3CC3)cc2)C=C1. The molecule has 2 aliphatic carbocycles. The molecular weight excluding hydrogens is 484 g/mol. The van der Waals surface area contributed by atoms with Crippen molar-refractivity contribution in [1.29, 1.82) is 0 Å². The van der Waals surface area contributed by atoms with Gasteiger partial charge >= 0.3 is 0 Å². The molecule has 4 rings (SSSR count). The predicted molar refractivity (Wildman–Crippen MR) is 145 cm³/mol. The highest BCUT2D eigenvalue weighted by Crippen LogP contribution is 2.32. The van der Waals surface area contributed by atoms with Gasteiger partial charge in [-0.05, 0) is 62.8 Å². The molecule has 2 aromatic rings. The number of carbonyl (C=O) groups is 2. The van der Waals surface area contributed by atoms with Crippen LogP contribution in [0.1, 0.15) is 44.7 Å². The van der Waals surface area contributed by atoms with E-state index in [1.54, 1.807) is 36.4 Å². The first kappa shape index (κ1) is 26.9. The van der Waals surface area contributed by atoms with E-state index in [4.69, 9.17) is 0 Å². The molecule has 0 aromatic heterocycles. The molecule has 195 valence electrons. The van der Waals surface area contributed by atoms with Crippen LogP contribution in [0.3, 0.4) is 0 Å². The van der Waals surface area contributed by atoms with Crippen LogP contribution in [-0.2, 0) is 32.4 Å². The number of sulfone groups is 1. The number of hydrogen-bond donors (Lipinski definition) is 1. The fraction of sp³-hybridized carbons (Fsp3) is 0.367. The van der Waals surface area contributed by atoms with Crippen LogP contribution < -0.4 is 5.32 Å². The molecule has 1 N–H and O–H groups in total. The van der Waals surface area contributed by atoms with Crippen molar-refractivity contribution in [2.24, 2.45) is 5.92 Å². The van der Waals surface area contributed by atoms with Gasteiger partial charge in [0.25, 0.3) is 5.91 Å². The van der Waals surface area contributed by atoms with Gasteiger partial charge in [-0.25, -0.2) is 8.42 Å². The average molecular weight is 520 g/mol. The van der Waals surface area contributed by atoms with Gasteiger partial charge < -0.3 is 10.2 Å². The van der Waals surface area contributed by atoms with Crippen molar-refractivity contribution in [1.82, 2.24) is 10.2 Å². The lowest BCUT2D eigenvalue weighted by Crippen LogP contribution is -2.46. The van der Waals surface area contributed by atoms with E-state index < -0.39 is 9.84 Å². The van der Waals surface area contributed by atoms with Crippen LogP contribution in [0.4, 0.5) is 0 Å². The van der Waals surface area contributed by atoms with Crippen LogP contribution in [0.15, 0.2) is 83.3 Å². The maximum absolute atomic E-state index is 13.3. The lowest BCUT2D eigenvalue weighted by molar-refractivity contribution is -0.132. The summed E-state index contributed by atoms with van der Waals surface area (Å²) in [6, 6.07) is 16.2. The molecule has 1 atom stereocenters. The highest BCUT2D eigenvalue weighted by atomic mass is 32.2. The molecule has 1 saturated carbocycles. The molecule has 2 aromatic carbocycles. The zero-order valence-corrected chi connectivity index (χ0v) is 22.5. The van der Waals surface area contributed by atoms with E-state index in [1.165, 1.54) is 0 Å². The first-order valence-electron chi connectivity index (χ1n) is 12.7. The zero-order chi connectivity index (χ0) is 26.6. The first-order valence-corrected chi connectivity index (χ1v) is 14.4. The molecule has 0 saturated heterocycles. The average Bonchev–Trinajstić information content (AvgIpc) is 3.66. The second-order valence-corrected chi connectivity index (χ2v) is 12.9. The number of amides is 2. The molecule has 2 amide bonds. The minimum atomic E-state index is -3.26. The van der Waals surface area contributed by atoms with Crippen molar-refractivity contribution in [2.75, 3.05) is 5.75 Å². The van der Waals surface area contributed by atoms with E-state index >= 15 is 0 Å². The molecule has 0 heterocycles. The molecule has 2 aliphatic rings. The van der Waals surface area contributed by atoms with Crippen molar-refractivity contribution in [3.8, 4) is 0 Å². The van der Waals surface area contributed by atoms with E-state index in [0.717, 1.165) is 24.0 Å². The predicted octanol–water partition coefficient (Wildman–Crippen LogP) is 4.43. The molecule has 37 heavy (non-hydrogen) atoms. The largest absolute Gasteiger partial charge is 0.349 e. The van der Waals surface area contributed by atoms with E-state index in [1.807, 2.05) is 68.5 Å². The summed E-state index contributed by atoms with van der Waals surface area (Å²) in [7, 11) is -3.26. The fourth-order valence-corrected chi connectivity index (χ4v) is 5.93. The first-order chi connectivity index (χ1) is 17.5. The van der Waals surface area contributed by atoms with Gasteiger partial charge in [0.05, 0.1) is 23.1 Å². The highest BCUT2D eigenvalue weighted by molar-refractivity contribution is 7.91. The summed E-state index contributed by atoms with van der Waals surface area (Å²) in [6.45, 7) is 6.56. The van der Waals surface area contributed by atoms with Crippen molar-refractivity contribution in [2.45, 2.75) is 63.1 Å². The van der Waals surface area contributed by atoms with E-state index in [-0.39, 0.29) is 35.6 Å². The van der Waals surface area contributed by atoms with Crippen LogP contribution in [0.2, 0.25) is 0 Å². The van der Waals surface area contributed by atoms with E-state index in [0.29, 0.717) is 22.9 Å². The third kappa shape index (κ3) is 7.41. The Morgan fingerprint density at radius 2 is 1.65 bits per heavy atom. The van der Waals surface area contributed by atoms with Crippen molar-refractivity contribution in [3.63, 3.8) is 0 Å². The molecule has 1 fully saturated rings. The van der Waals surface area contributed by atoms with Gasteiger partial charge in [-0.15, -0.1) is 0 Å². The Labute approximate surface area is 220 Å². The summed E-state index contributed by atoms with van der Waals surface area (Å²) < 4.78 is 24.8. The maximum Gasteiger partial charge on any atom is 0.254 e. The van der Waals surface area contributed by atoms with Crippen molar-refractivity contribution < 1.29 is 18.0 Å². The topological polar surface area (TPSA) is 83.6 Å². The molecule has 1 unspecified atom stereocenters. The molecule has 0 aliphatic heterocycles. The number of rotatable bonds is 9. The lowest BCUT2D eigenvalue weighted by atomic mass is 9.98. The normalized spacial score (nSPS) is 17.7. The Kier molecular flexibility index (Phi) is 8.02. The van der Waals surface area contributed by atoms with Gasteiger partial charge in [-0.3, -0.25) is 9.59 Å². The van der Waals surface area contributed by atoms with E-state index in [2.05, 4.69) is 5.32 Å². The number of nitrogens with zero attached hydrogens (tertiary/aromatic N) is 1. The molecule has 7 heteroatoms. The minimum absolute atomic E-state index is 0.0645. The van der Waals surface area contributed by atoms with Crippen molar-refractivity contribution >= 4 is 21.7 Å². The van der Waals surface area contributed by atoms with Crippen LogP contribution in [0.5, 0.6) is 0 Å². The summed E-state index contributed by atoms with van der Waals surface area (Å²) >= 11 is 0. The number of carbonyl (C=O) groups excluding carboxylic acids is 2. The van der Waals surface area contributed by atoms with Gasteiger partial charge in [0, 0.05) is 24.1 Å². The number of benzene rings is 2. The molecule has 0 spiro atoms. The highest BCUT2D eigenvalue weighted by Gasteiger charge is 2.30. The third-order valence-electron chi connectivity index (χ3n) is 6.58. The minimum Gasteiger partial charge on any atom is -0.349 e. The van der Waals surface area contributed by atoms with Gasteiger partial charge in [-0.1, -0.05) is 60.7 Å². The molecule has 1 radical (unpaired) electrons. The maximum atomic E-state index is 13.3. The molecule has 6 nitrogen and oxygen atoms in total. The standard InChI is InChI=1S/C30H35N2O4S/c1-30(2,3)32(20-23-7-5-4-6-8-23)29(34)25-13-15-26(16-14-25)31-28(33)19-22-11-17-27(18-12-22)37(35,36)21-24-9-10-24/h4-8,11-18,24,26H,9-10,19-21H2,1-3H3,(H,31,33). The lowest BCUT2D eigenvalue weighted by Gasteiger charge is -2.36. The zero-order valence-electron chi connectivity index (χ0n) is 21.7. The Morgan fingerprint density at radius 1 is 0.973 bits per heavy atom. The Balaban J connectivity index is 1.31. The summed E-state index contributed by atoms with van der Waals surface area (Å²) in [5, 5.41) is 2.94. The summed E-state index contributed by atoms with van der Waals surface area (Å²) in [5.74, 6) is 0.253. The monoisotopic (exact) mass is 519 g/mol. The second kappa shape index (κ2) is 11.1. The number of hydrogen-bond acceptors (Lipinski definition) is 4. The Hall–Kier alpha value is -3.19. The van der Waals surface area contributed by atoms with Gasteiger partial charge in [0.1, 0.15) is 0 Å². The smallest absolute Gasteiger partial charge is 0.254 e. The quantitative estimate of drug-likeness (QED) is 0.532. The van der Waals surface area contributed by atoms with Crippen LogP contribution in [0, 0.1) is 12.3 Å². The van der Waals surface area contributed by atoms with Crippen LogP contribution >= 0.6 is 0 Å². The van der Waals surface area contributed by atoms with Crippen molar-refractivity contribution in [3.05, 3.63) is 95.9 Å². The molecule has 0 bridgehead atoms. The van der Waals surface area contributed by atoms with Crippen LogP contribution in [0.25, 0.3) is 0 Å². The summed E-state index contributed by atoms with van der Waals surface area (Å²) in [6.07, 6.45) is 9.25. The third-order valence-corrected chi connectivity index (χ3v) is 8.48. The second-order valence-electron chi connectivity index (χ2n) is 10.9. The summed E-state index contributed by atoms with van der Waals surface area (Å²) in [5.41, 5.74) is 2.02. The van der Waals surface area contributed by atoms with Gasteiger partial charge in [0.15, 0.2) is 9.84 Å². The fourth-order valence-electron chi connectivity index (χ4n) is 4.24. The Bertz CT molecular complexity index is 1290. The Morgan fingerprint density at radius 3 is 2.22 bits per heavy atom. The van der Waals surface area contributed by atoms with Gasteiger partial charge in [-0.2, -0.15) is 0 Å². The molecular formula is C30H35N2O4S.